The number of hydrogen-bond donors (Lipinski definition) is 2. The average Bonchev–Trinajstić information content (AvgIpc) is 2.95. The molecule has 0 aliphatic carbocycles. The minimum Gasteiger partial charge on any atom is -0.336 e. The van der Waals surface area contributed by atoms with E-state index >= 15 is 0 Å². The van der Waals surface area contributed by atoms with Gasteiger partial charge in [0.1, 0.15) is 5.54 Å². The Bertz CT molecular complexity index is 558. The molecule has 0 bridgehead atoms. The molecule has 1 atom stereocenters. The van der Waals surface area contributed by atoms with Crippen LogP contribution in [0.25, 0.3) is 0 Å². The van der Waals surface area contributed by atoms with Gasteiger partial charge < -0.3 is 10.2 Å². The van der Waals surface area contributed by atoms with Crippen molar-refractivity contribution in [1.29, 1.82) is 0 Å². The number of nitrogens with zero attached hydrogens (tertiary/aromatic N) is 1. The fourth-order valence-corrected chi connectivity index (χ4v) is 2.56. The van der Waals surface area contributed by atoms with Gasteiger partial charge in [-0.2, -0.15) is 0 Å². The zero-order valence-corrected chi connectivity index (χ0v) is 10.2. The van der Waals surface area contributed by atoms with E-state index in [0.717, 1.165) is 0 Å². The number of carbonyl (C=O) groups is 3. The summed E-state index contributed by atoms with van der Waals surface area (Å²) in [5.74, 6) is -0.465. The fraction of sp³-hybridized carbons (Fsp3) is 0.308. The van der Waals surface area contributed by atoms with Crippen LogP contribution in [-0.4, -0.2) is 41.4 Å². The summed E-state index contributed by atoms with van der Waals surface area (Å²) in [6.45, 7) is 0.680. The summed E-state index contributed by atoms with van der Waals surface area (Å²) < 4.78 is 0. The van der Waals surface area contributed by atoms with Gasteiger partial charge in [0.2, 0.25) is 0 Å². The Morgan fingerprint density at radius 2 is 1.95 bits per heavy atom. The number of rotatable bonds is 1. The Labute approximate surface area is 109 Å². The molecule has 2 heterocycles. The molecular formula is C13H13N3O3. The molecule has 2 fully saturated rings. The molecule has 6 nitrogen and oxygen atoms in total. The highest BCUT2D eigenvalue weighted by Gasteiger charge is 2.51. The molecule has 2 N–H and O–H groups in total. The Hall–Kier alpha value is -2.37. The Kier molecular flexibility index (Phi) is 2.51. The first-order chi connectivity index (χ1) is 9.11. The van der Waals surface area contributed by atoms with Crippen molar-refractivity contribution in [3.63, 3.8) is 0 Å². The standard InChI is InChI=1S/C13H13N3O3/c17-10(9-4-2-1-3-5-9)16-7-6-13(8-16)11(18)14-12(19)15-13/h1-5H,6-8H2,(H2,14,15,18,19). The lowest BCUT2D eigenvalue weighted by Crippen LogP contribution is -2.49. The minimum absolute atomic E-state index is 0.119. The lowest BCUT2D eigenvalue weighted by atomic mass is 9.99. The van der Waals surface area contributed by atoms with Gasteiger partial charge in [-0.25, -0.2) is 4.79 Å². The van der Waals surface area contributed by atoms with E-state index in [1.54, 1.807) is 29.2 Å². The number of amides is 4. The number of hydrogen-bond acceptors (Lipinski definition) is 3. The quantitative estimate of drug-likeness (QED) is 0.703. The van der Waals surface area contributed by atoms with Crippen molar-refractivity contribution in [3.05, 3.63) is 35.9 Å². The summed E-state index contributed by atoms with van der Waals surface area (Å²) in [6, 6.07) is 8.42. The van der Waals surface area contributed by atoms with Gasteiger partial charge >= 0.3 is 6.03 Å². The molecule has 1 aromatic rings. The van der Waals surface area contributed by atoms with E-state index in [-0.39, 0.29) is 18.4 Å². The predicted molar refractivity (Wildman–Crippen MR) is 66.4 cm³/mol. The molecule has 2 aliphatic rings. The van der Waals surface area contributed by atoms with E-state index in [4.69, 9.17) is 0 Å². The van der Waals surface area contributed by atoms with Crippen LogP contribution in [0.2, 0.25) is 0 Å². The molecule has 19 heavy (non-hydrogen) atoms. The molecule has 1 aromatic carbocycles. The average molecular weight is 259 g/mol. The Balaban J connectivity index is 1.78. The molecule has 3 rings (SSSR count). The largest absolute Gasteiger partial charge is 0.336 e. The number of benzene rings is 1. The normalized spacial score (nSPS) is 25.6. The maximum Gasteiger partial charge on any atom is 0.322 e. The third kappa shape index (κ3) is 1.85. The summed E-state index contributed by atoms with van der Waals surface area (Å²) in [7, 11) is 0. The highest BCUT2D eigenvalue weighted by Crippen LogP contribution is 2.25. The van der Waals surface area contributed by atoms with Gasteiger partial charge in [0.25, 0.3) is 11.8 Å². The van der Waals surface area contributed by atoms with E-state index in [9.17, 15) is 14.4 Å². The van der Waals surface area contributed by atoms with Crippen molar-refractivity contribution >= 4 is 17.8 Å². The number of imide groups is 1. The molecule has 2 aliphatic heterocycles. The van der Waals surface area contributed by atoms with Crippen LogP contribution in [-0.2, 0) is 4.79 Å². The summed E-state index contributed by atoms with van der Waals surface area (Å²) in [6.07, 6.45) is 0.448. The molecule has 0 radical (unpaired) electrons. The van der Waals surface area contributed by atoms with E-state index in [1.165, 1.54) is 0 Å². The zero-order chi connectivity index (χ0) is 13.5. The molecule has 2 saturated heterocycles. The summed E-state index contributed by atoms with van der Waals surface area (Å²) in [5.41, 5.74) is -0.356. The zero-order valence-electron chi connectivity index (χ0n) is 10.2. The van der Waals surface area contributed by atoms with Crippen molar-refractivity contribution in [3.8, 4) is 0 Å². The molecule has 0 aromatic heterocycles. The fourth-order valence-electron chi connectivity index (χ4n) is 2.56. The summed E-state index contributed by atoms with van der Waals surface area (Å²) >= 11 is 0. The third-order valence-corrected chi connectivity index (χ3v) is 3.59. The van der Waals surface area contributed by atoms with Gasteiger partial charge in [-0.1, -0.05) is 18.2 Å². The maximum atomic E-state index is 12.3. The molecule has 6 heteroatoms. The lowest BCUT2D eigenvalue weighted by Gasteiger charge is -2.21. The second kappa shape index (κ2) is 4.08. The van der Waals surface area contributed by atoms with E-state index in [2.05, 4.69) is 10.6 Å². The van der Waals surface area contributed by atoms with Crippen LogP contribution in [0.4, 0.5) is 4.79 Å². The van der Waals surface area contributed by atoms with Crippen LogP contribution in [0.1, 0.15) is 16.8 Å². The van der Waals surface area contributed by atoms with Crippen LogP contribution in [0, 0.1) is 0 Å². The SMILES string of the molecule is O=C1NC(=O)C2(CCN(C(=O)c3ccccc3)C2)N1. The number of urea groups is 1. The first kappa shape index (κ1) is 11.7. The smallest absolute Gasteiger partial charge is 0.322 e. The number of carbonyl (C=O) groups excluding carboxylic acids is 3. The second-order valence-corrected chi connectivity index (χ2v) is 4.83. The van der Waals surface area contributed by atoms with Crippen molar-refractivity contribution in [2.45, 2.75) is 12.0 Å². The van der Waals surface area contributed by atoms with E-state index in [0.29, 0.717) is 18.5 Å². The van der Waals surface area contributed by atoms with Crippen LogP contribution in [0.15, 0.2) is 30.3 Å². The van der Waals surface area contributed by atoms with E-state index in [1.807, 2.05) is 6.07 Å². The number of nitrogens with one attached hydrogen (secondary N) is 2. The molecule has 0 saturated carbocycles. The minimum atomic E-state index is -0.943. The van der Waals surface area contributed by atoms with Crippen molar-refractivity contribution in [2.24, 2.45) is 0 Å². The highest BCUT2D eigenvalue weighted by atomic mass is 16.2. The van der Waals surface area contributed by atoms with Gasteiger partial charge in [-0.15, -0.1) is 0 Å². The first-order valence-corrected chi connectivity index (χ1v) is 6.09. The predicted octanol–water partition coefficient (Wildman–Crippen LogP) is 0.111. The molecule has 1 spiro atoms. The van der Waals surface area contributed by atoms with Crippen LogP contribution in [0.5, 0.6) is 0 Å². The van der Waals surface area contributed by atoms with Gasteiger partial charge in [0, 0.05) is 12.1 Å². The van der Waals surface area contributed by atoms with Crippen LogP contribution >= 0.6 is 0 Å². The van der Waals surface area contributed by atoms with Crippen molar-refractivity contribution in [2.75, 3.05) is 13.1 Å². The van der Waals surface area contributed by atoms with Gasteiger partial charge in [0.15, 0.2) is 0 Å². The van der Waals surface area contributed by atoms with Gasteiger partial charge in [0.05, 0.1) is 6.54 Å². The number of likely N-dealkylation sites (tertiary alicyclic amines) is 1. The first-order valence-electron chi connectivity index (χ1n) is 6.09. The van der Waals surface area contributed by atoms with Crippen molar-refractivity contribution in [1.82, 2.24) is 15.5 Å². The Morgan fingerprint density at radius 3 is 2.58 bits per heavy atom. The summed E-state index contributed by atoms with van der Waals surface area (Å²) in [5, 5.41) is 4.84. The molecule has 4 amide bonds. The monoisotopic (exact) mass is 259 g/mol. The van der Waals surface area contributed by atoms with Crippen LogP contribution < -0.4 is 10.6 Å². The third-order valence-electron chi connectivity index (χ3n) is 3.59. The van der Waals surface area contributed by atoms with Crippen molar-refractivity contribution < 1.29 is 14.4 Å². The topological polar surface area (TPSA) is 78.5 Å². The van der Waals surface area contributed by atoms with Gasteiger partial charge in [-0.3, -0.25) is 14.9 Å². The molecular weight excluding hydrogens is 246 g/mol. The summed E-state index contributed by atoms with van der Waals surface area (Å²) in [4.78, 5) is 36.9. The van der Waals surface area contributed by atoms with Gasteiger partial charge in [-0.05, 0) is 18.6 Å². The lowest BCUT2D eigenvalue weighted by molar-refractivity contribution is -0.123. The second-order valence-electron chi connectivity index (χ2n) is 4.83. The maximum absolute atomic E-state index is 12.3. The Morgan fingerprint density at radius 1 is 1.21 bits per heavy atom. The highest BCUT2D eigenvalue weighted by molar-refractivity contribution is 6.08. The van der Waals surface area contributed by atoms with E-state index < -0.39 is 11.6 Å². The van der Waals surface area contributed by atoms with Crippen LogP contribution in [0.3, 0.4) is 0 Å². The molecule has 98 valence electrons. The molecule has 1 unspecified atom stereocenters.